The van der Waals surface area contributed by atoms with Gasteiger partial charge in [0, 0.05) is 12.6 Å². The number of amides is 1. The van der Waals surface area contributed by atoms with Crippen LogP contribution in [0.3, 0.4) is 0 Å². The van der Waals surface area contributed by atoms with Gasteiger partial charge >= 0.3 is 5.97 Å². The highest BCUT2D eigenvalue weighted by molar-refractivity contribution is 5.96. The summed E-state index contributed by atoms with van der Waals surface area (Å²) < 4.78 is 5.35. The van der Waals surface area contributed by atoms with Crippen molar-refractivity contribution in [1.82, 2.24) is 4.90 Å². The number of nitrogens with zero attached hydrogens (tertiary/aromatic N) is 1. The Morgan fingerprint density at radius 1 is 1.07 bits per heavy atom. The summed E-state index contributed by atoms with van der Waals surface area (Å²) in [7, 11) is 0. The van der Waals surface area contributed by atoms with Crippen molar-refractivity contribution in [1.29, 1.82) is 0 Å². The van der Waals surface area contributed by atoms with E-state index in [0.717, 1.165) is 36.6 Å². The SMILES string of the molecule is CC1(C)C[C@H]2C[C@](C)(CN2C(=O)COC(=O)c2ccc3ccccc3c2)C1. The Kier molecular flexibility index (Phi) is 4.25. The summed E-state index contributed by atoms with van der Waals surface area (Å²) in [5.41, 5.74) is 0.925. The van der Waals surface area contributed by atoms with Crippen LogP contribution in [-0.4, -0.2) is 36.0 Å². The first-order valence-electron chi connectivity index (χ1n) is 9.70. The van der Waals surface area contributed by atoms with Crippen LogP contribution in [-0.2, 0) is 9.53 Å². The molecule has 0 spiro atoms. The molecule has 2 bridgehead atoms. The van der Waals surface area contributed by atoms with E-state index in [0.29, 0.717) is 5.56 Å². The summed E-state index contributed by atoms with van der Waals surface area (Å²) in [6, 6.07) is 13.6. The van der Waals surface area contributed by atoms with Crippen molar-refractivity contribution in [2.45, 2.75) is 46.1 Å². The van der Waals surface area contributed by atoms with Gasteiger partial charge in [-0.1, -0.05) is 51.1 Å². The third kappa shape index (κ3) is 3.58. The summed E-state index contributed by atoms with van der Waals surface area (Å²) in [5.74, 6) is -0.515. The molecule has 1 amide bonds. The predicted molar refractivity (Wildman–Crippen MR) is 105 cm³/mol. The largest absolute Gasteiger partial charge is 0.452 e. The minimum absolute atomic E-state index is 0.0736. The highest BCUT2D eigenvalue weighted by Gasteiger charge is 2.50. The van der Waals surface area contributed by atoms with E-state index < -0.39 is 5.97 Å². The zero-order valence-corrected chi connectivity index (χ0v) is 16.3. The maximum absolute atomic E-state index is 12.7. The van der Waals surface area contributed by atoms with Gasteiger partial charge in [-0.2, -0.15) is 0 Å². The van der Waals surface area contributed by atoms with Crippen LogP contribution in [0.2, 0.25) is 0 Å². The van der Waals surface area contributed by atoms with Crippen molar-refractivity contribution < 1.29 is 14.3 Å². The van der Waals surface area contributed by atoms with Gasteiger partial charge < -0.3 is 9.64 Å². The number of rotatable bonds is 3. The van der Waals surface area contributed by atoms with Crippen molar-refractivity contribution in [3.05, 3.63) is 48.0 Å². The molecule has 27 heavy (non-hydrogen) atoms. The molecule has 4 heteroatoms. The lowest BCUT2D eigenvalue weighted by molar-refractivity contribution is -0.135. The number of hydrogen-bond donors (Lipinski definition) is 0. The maximum atomic E-state index is 12.7. The fraction of sp³-hybridized carbons (Fsp3) is 0.478. The van der Waals surface area contributed by atoms with Gasteiger partial charge in [-0.3, -0.25) is 4.79 Å². The van der Waals surface area contributed by atoms with Crippen molar-refractivity contribution >= 4 is 22.6 Å². The zero-order valence-electron chi connectivity index (χ0n) is 16.3. The second-order valence-electron chi connectivity index (χ2n) is 9.37. The van der Waals surface area contributed by atoms with Gasteiger partial charge in [-0.15, -0.1) is 0 Å². The normalized spacial score (nSPS) is 26.2. The summed E-state index contributed by atoms with van der Waals surface area (Å²) in [6.45, 7) is 7.43. The van der Waals surface area contributed by atoms with E-state index in [4.69, 9.17) is 4.74 Å². The first kappa shape index (κ1) is 18.0. The van der Waals surface area contributed by atoms with Crippen LogP contribution >= 0.6 is 0 Å². The summed E-state index contributed by atoms with van der Waals surface area (Å²) in [6.07, 6.45) is 3.21. The van der Waals surface area contributed by atoms with E-state index in [1.165, 1.54) is 0 Å². The molecule has 4 nitrogen and oxygen atoms in total. The van der Waals surface area contributed by atoms with Crippen LogP contribution in [0.25, 0.3) is 10.8 Å². The molecule has 0 unspecified atom stereocenters. The molecule has 1 heterocycles. The van der Waals surface area contributed by atoms with Crippen LogP contribution in [0.4, 0.5) is 0 Å². The van der Waals surface area contributed by atoms with Crippen LogP contribution in [0.1, 0.15) is 50.4 Å². The summed E-state index contributed by atoms with van der Waals surface area (Å²) in [4.78, 5) is 27.1. The van der Waals surface area contributed by atoms with E-state index in [1.807, 2.05) is 41.3 Å². The minimum atomic E-state index is -0.442. The van der Waals surface area contributed by atoms with Gasteiger partial charge in [0.15, 0.2) is 6.61 Å². The van der Waals surface area contributed by atoms with Gasteiger partial charge in [0.1, 0.15) is 0 Å². The van der Waals surface area contributed by atoms with Crippen molar-refractivity contribution in [2.24, 2.45) is 10.8 Å². The molecule has 2 aliphatic rings. The number of ether oxygens (including phenoxy) is 1. The minimum Gasteiger partial charge on any atom is -0.452 e. The molecule has 1 saturated heterocycles. The van der Waals surface area contributed by atoms with Crippen molar-refractivity contribution in [3.8, 4) is 0 Å². The van der Waals surface area contributed by atoms with Crippen LogP contribution in [0.15, 0.2) is 42.5 Å². The molecule has 0 radical (unpaired) electrons. The number of hydrogen-bond acceptors (Lipinski definition) is 3. The van der Waals surface area contributed by atoms with Gasteiger partial charge in [0.2, 0.25) is 0 Å². The molecule has 4 rings (SSSR count). The maximum Gasteiger partial charge on any atom is 0.338 e. The molecule has 0 N–H and O–H groups in total. The van der Waals surface area contributed by atoms with Gasteiger partial charge in [-0.25, -0.2) is 4.79 Å². The molecule has 1 aliphatic heterocycles. The van der Waals surface area contributed by atoms with Gasteiger partial charge in [0.05, 0.1) is 5.56 Å². The van der Waals surface area contributed by atoms with Gasteiger partial charge in [-0.05, 0) is 53.0 Å². The first-order chi connectivity index (χ1) is 12.7. The van der Waals surface area contributed by atoms with Crippen molar-refractivity contribution in [3.63, 3.8) is 0 Å². The molecule has 2 fully saturated rings. The average Bonchev–Trinajstić information content (AvgIpc) is 2.87. The molecule has 1 aliphatic carbocycles. The van der Waals surface area contributed by atoms with E-state index in [1.54, 1.807) is 6.07 Å². The second-order valence-corrected chi connectivity index (χ2v) is 9.37. The Labute approximate surface area is 160 Å². The fourth-order valence-electron chi connectivity index (χ4n) is 5.36. The number of carbonyl (C=O) groups excluding carboxylic acids is 2. The molecule has 142 valence electrons. The molecular weight excluding hydrogens is 338 g/mol. The lowest BCUT2D eigenvalue weighted by Crippen LogP contribution is -2.39. The molecule has 2 aromatic carbocycles. The Hall–Kier alpha value is -2.36. The molecule has 2 atom stereocenters. The number of esters is 1. The number of fused-ring (bicyclic) bond motifs is 3. The Morgan fingerprint density at radius 3 is 2.59 bits per heavy atom. The number of likely N-dealkylation sites (tertiary alicyclic amines) is 1. The summed E-state index contributed by atoms with van der Waals surface area (Å²) >= 11 is 0. The average molecular weight is 365 g/mol. The number of carbonyl (C=O) groups is 2. The second kappa shape index (κ2) is 6.36. The Balaban J connectivity index is 1.41. The smallest absolute Gasteiger partial charge is 0.338 e. The molecule has 0 aromatic heterocycles. The molecule has 2 aromatic rings. The van der Waals surface area contributed by atoms with E-state index in [2.05, 4.69) is 20.8 Å². The van der Waals surface area contributed by atoms with E-state index in [-0.39, 0.29) is 29.4 Å². The third-order valence-corrected chi connectivity index (χ3v) is 6.05. The van der Waals surface area contributed by atoms with Gasteiger partial charge in [0.25, 0.3) is 5.91 Å². The standard InChI is InChI=1S/C23H27NO3/c1-22(2)11-19-12-23(3,14-22)15-24(19)20(25)13-27-21(26)18-9-8-16-6-4-5-7-17(16)10-18/h4-10,19H,11-15H2,1-3H3/t19-,23-/m0/s1. The lowest BCUT2D eigenvalue weighted by atomic mass is 9.65. The topological polar surface area (TPSA) is 46.6 Å². The van der Waals surface area contributed by atoms with Crippen molar-refractivity contribution in [2.75, 3.05) is 13.2 Å². The highest BCUT2D eigenvalue weighted by atomic mass is 16.5. The Bertz CT molecular complexity index is 903. The summed E-state index contributed by atoms with van der Waals surface area (Å²) in [5, 5.41) is 2.06. The fourth-order valence-corrected chi connectivity index (χ4v) is 5.36. The molecular formula is C23H27NO3. The predicted octanol–water partition coefficient (Wildman–Crippen LogP) is 4.42. The van der Waals surface area contributed by atoms with Crippen LogP contribution in [0.5, 0.6) is 0 Å². The quantitative estimate of drug-likeness (QED) is 0.756. The number of benzene rings is 2. The lowest BCUT2D eigenvalue weighted by Gasteiger charge is -2.39. The van der Waals surface area contributed by atoms with Crippen LogP contribution in [0, 0.1) is 10.8 Å². The van der Waals surface area contributed by atoms with E-state index >= 15 is 0 Å². The van der Waals surface area contributed by atoms with E-state index in [9.17, 15) is 9.59 Å². The highest BCUT2D eigenvalue weighted by Crippen LogP contribution is 2.52. The molecule has 1 saturated carbocycles. The Morgan fingerprint density at radius 2 is 1.81 bits per heavy atom. The first-order valence-corrected chi connectivity index (χ1v) is 9.70. The van der Waals surface area contributed by atoms with Crippen LogP contribution < -0.4 is 0 Å². The monoisotopic (exact) mass is 365 g/mol. The third-order valence-electron chi connectivity index (χ3n) is 6.05. The zero-order chi connectivity index (χ0) is 19.2.